The molecule has 0 saturated carbocycles. The molecule has 7 nitrogen and oxygen atoms in total. The summed E-state index contributed by atoms with van der Waals surface area (Å²) in [6.07, 6.45) is 0. The number of hydrogen-bond acceptors (Lipinski definition) is 5. The Labute approximate surface area is 198 Å². The lowest BCUT2D eigenvalue weighted by Crippen LogP contribution is -2.44. The fourth-order valence-electron chi connectivity index (χ4n) is 4.12. The first-order chi connectivity index (χ1) is 16.6. The number of aromatic nitrogens is 2. The molecule has 1 amide bonds. The van der Waals surface area contributed by atoms with Crippen LogP contribution in [-0.2, 0) is 0 Å². The van der Waals surface area contributed by atoms with Crippen LogP contribution in [0.1, 0.15) is 21.5 Å². The van der Waals surface area contributed by atoms with Gasteiger partial charge < -0.3 is 14.8 Å². The highest BCUT2D eigenvalue weighted by molar-refractivity contribution is 5.94. The van der Waals surface area contributed by atoms with E-state index in [1.54, 1.807) is 23.7 Å². The van der Waals surface area contributed by atoms with Crippen molar-refractivity contribution in [2.45, 2.75) is 0 Å². The summed E-state index contributed by atoms with van der Waals surface area (Å²) in [5.74, 6) is 6.76. The zero-order valence-electron chi connectivity index (χ0n) is 18.9. The van der Waals surface area contributed by atoms with Crippen molar-refractivity contribution < 1.29 is 10.0 Å². The van der Waals surface area contributed by atoms with E-state index in [9.17, 15) is 4.79 Å². The number of piperazine rings is 1. The lowest BCUT2D eigenvalue weighted by atomic mass is 10.1. The average molecular weight is 452 g/mol. The Morgan fingerprint density at radius 1 is 1.00 bits per heavy atom. The van der Waals surface area contributed by atoms with Crippen LogP contribution in [0.2, 0.25) is 0 Å². The standard InChI is InChI=1S/C27H25N5O2/c1-31-12-14-32(15-13-31)25-18-24-23(17-20(25)11-10-19-6-3-2-4-7-19)28-26(29-24)21-8-5-9-22(16-21)27(33)30-34/h2-9,16-18,34H,12-15H2,1H3,(H,28,29)(H,30,33). The number of carbonyl (C=O) groups excluding carboxylic acids is 1. The zero-order valence-corrected chi connectivity index (χ0v) is 18.9. The Morgan fingerprint density at radius 3 is 2.56 bits per heavy atom. The molecule has 1 aliphatic heterocycles. The maximum absolute atomic E-state index is 11.8. The van der Waals surface area contributed by atoms with Gasteiger partial charge in [-0.05, 0) is 43.4 Å². The normalized spacial score (nSPS) is 14.0. The number of fused-ring (bicyclic) bond motifs is 1. The molecule has 7 heteroatoms. The summed E-state index contributed by atoms with van der Waals surface area (Å²) in [6.45, 7) is 3.85. The number of aromatic amines is 1. The zero-order chi connectivity index (χ0) is 23.5. The number of nitrogens with zero attached hydrogens (tertiary/aromatic N) is 3. The molecule has 0 spiro atoms. The number of benzene rings is 3. The SMILES string of the molecule is CN1CCN(c2cc3nc(-c4cccc(C(=O)NO)c4)[nH]c3cc2C#Cc2ccccc2)CC1. The van der Waals surface area contributed by atoms with Crippen LogP contribution in [0, 0.1) is 11.8 Å². The molecule has 5 rings (SSSR count). The summed E-state index contributed by atoms with van der Waals surface area (Å²) in [5, 5.41) is 8.95. The molecule has 1 aromatic heterocycles. The number of hydroxylamine groups is 1. The summed E-state index contributed by atoms with van der Waals surface area (Å²) < 4.78 is 0. The van der Waals surface area contributed by atoms with Crippen molar-refractivity contribution in [3.8, 4) is 23.2 Å². The Kier molecular flexibility index (Phi) is 6.00. The Balaban J connectivity index is 1.58. The highest BCUT2D eigenvalue weighted by Gasteiger charge is 2.19. The second kappa shape index (κ2) is 9.40. The van der Waals surface area contributed by atoms with Crippen molar-refractivity contribution in [1.29, 1.82) is 0 Å². The topological polar surface area (TPSA) is 84.5 Å². The van der Waals surface area contributed by atoms with Crippen LogP contribution in [0.5, 0.6) is 0 Å². The fraction of sp³-hybridized carbons (Fsp3) is 0.185. The van der Waals surface area contributed by atoms with E-state index in [-0.39, 0.29) is 0 Å². The first-order valence-electron chi connectivity index (χ1n) is 11.2. The number of imidazole rings is 1. The largest absolute Gasteiger partial charge is 0.368 e. The minimum atomic E-state index is -0.561. The van der Waals surface area contributed by atoms with Gasteiger partial charge in [-0.1, -0.05) is 42.2 Å². The third-order valence-electron chi connectivity index (χ3n) is 6.06. The Hall–Kier alpha value is -4.12. The van der Waals surface area contributed by atoms with Crippen LogP contribution in [0.4, 0.5) is 5.69 Å². The van der Waals surface area contributed by atoms with Crippen LogP contribution in [0.25, 0.3) is 22.4 Å². The van der Waals surface area contributed by atoms with Gasteiger partial charge >= 0.3 is 0 Å². The number of anilines is 1. The van der Waals surface area contributed by atoms with Crippen LogP contribution in [0.15, 0.2) is 66.7 Å². The van der Waals surface area contributed by atoms with Gasteiger partial charge in [0, 0.05) is 42.9 Å². The van der Waals surface area contributed by atoms with Gasteiger partial charge in [0.1, 0.15) is 5.82 Å². The molecular formula is C27H25N5O2. The lowest BCUT2D eigenvalue weighted by molar-refractivity contribution is 0.0706. The van der Waals surface area contributed by atoms with E-state index >= 15 is 0 Å². The van der Waals surface area contributed by atoms with E-state index in [0.29, 0.717) is 11.4 Å². The Morgan fingerprint density at radius 2 is 1.79 bits per heavy atom. The summed E-state index contributed by atoms with van der Waals surface area (Å²) in [7, 11) is 2.14. The van der Waals surface area contributed by atoms with Gasteiger partial charge in [-0.3, -0.25) is 10.0 Å². The van der Waals surface area contributed by atoms with Crippen LogP contribution in [0.3, 0.4) is 0 Å². The summed E-state index contributed by atoms with van der Waals surface area (Å²) in [6, 6.07) is 21.1. The third-order valence-corrected chi connectivity index (χ3v) is 6.06. The number of H-pyrrole nitrogens is 1. The van der Waals surface area contributed by atoms with E-state index in [4.69, 9.17) is 10.2 Å². The van der Waals surface area contributed by atoms with Gasteiger partial charge in [0.25, 0.3) is 5.91 Å². The molecule has 1 saturated heterocycles. The number of carbonyl (C=O) groups is 1. The predicted octanol–water partition coefficient (Wildman–Crippen LogP) is 3.50. The molecule has 0 unspecified atom stereocenters. The lowest BCUT2D eigenvalue weighted by Gasteiger charge is -2.34. The predicted molar refractivity (Wildman–Crippen MR) is 133 cm³/mol. The summed E-state index contributed by atoms with van der Waals surface area (Å²) in [5.41, 5.74) is 7.50. The highest BCUT2D eigenvalue weighted by atomic mass is 16.5. The summed E-state index contributed by atoms with van der Waals surface area (Å²) >= 11 is 0. The van der Waals surface area contributed by atoms with Gasteiger partial charge in [0.15, 0.2) is 0 Å². The first-order valence-corrected chi connectivity index (χ1v) is 11.2. The molecule has 34 heavy (non-hydrogen) atoms. The number of hydrogen-bond donors (Lipinski definition) is 3. The molecule has 0 bridgehead atoms. The van der Waals surface area contributed by atoms with Crippen LogP contribution in [-0.4, -0.2) is 59.2 Å². The molecule has 170 valence electrons. The van der Waals surface area contributed by atoms with Gasteiger partial charge in [-0.25, -0.2) is 10.5 Å². The average Bonchev–Trinajstić information content (AvgIpc) is 3.31. The van der Waals surface area contributed by atoms with Crippen molar-refractivity contribution >= 4 is 22.6 Å². The maximum Gasteiger partial charge on any atom is 0.274 e. The van der Waals surface area contributed by atoms with Gasteiger partial charge in [-0.15, -0.1) is 0 Å². The van der Waals surface area contributed by atoms with E-state index in [1.807, 2.05) is 36.4 Å². The first kappa shape index (κ1) is 21.7. The van der Waals surface area contributed by atoms with Crippen molar-refractivity contribution in [3.05, 3.63) is 83.4 Å². The minimum absolute atomic E-state index is 0.355. The maximum atomic E-state index is 11.8. The molecule has 3 N–H and O–H groups in total. The second-order valence-corrected chi connectivity index (χ2v) is 8.40. The molecule has 0 atom stereocenters. The molecule has 2 heterocycles. The smallest absolute Gasteiger partial charge is 0.274 e. The van der Waals surface area contributed by atoms with E-state index in [0.717, 1.165) is 59.6 Å². The van der Waals surface area contributed by atoms with Gasteiger partial charge in [-0.2, -0.15) is 0 Å². The fourth-order valence-corrected chi connectivity index (χ4v) is 4.12. The van der Waals surface area contributed by atoms with Crippen molar-refractivity contribution in [1.82, 2.24) is 20.3 Å². The molecule has 1 aliphatic rings. The molecule has 3 aromatic carbocycles. The number of amides is 1. The Bertz CT molecular complexity index is 1390. The van der Waals surface area contributed by atoms with E-state index < -0.39 is 5.91 Å². The number of rotatable bonds is 3. The monoisotopic (exact) mass is 451 g/mol. The van der Waals surface area contributed by atoms with E-state index in [2.05, 4.69) is 45.8 Å². The van der Waals surface area contributed by atoms with Gasteiger partial charge in [0.05, 0.1) is 22.3 Å². The molecule has 1 fully saturated rings. The van der Waals surface area contributed by atoms with E-state index in [1.165, 1.54) is 0 Å². The number of nitrogens with one attached hydrogen (secondary N) is 2. The molecular weight excluding hydrogens is 426 g/mol. The highest BCUT2D eigenvalue weighted by Crippen LogP contribution is 2.29. The minimum Gasteiger partial charge on any atom is -0.368 e. The molecule has 0 aliphatic carbocycles. The van der Waals surface area contributed by atoms with Crippen molar-refractivity contribution in [2.24, 2.45) is 0 Å². The van der Waals surface area contributed by atoms with Crippen LogP contribution >= 0.6 is 0 Å². The van der Waals surface area contributed by atoms with Gasteiger partial charge in [0.2, 0.25) is 0 Å². The number of likely N-dealkylation sites (N-methyl/N-ethyl adjacent to an activating group) is 1. The van der Waals surface area contributed by atoms with Crippen molar-refractivity contribution in [3.63, 3.8) is 0 Å². The second-order valence-electron chi connectivity index (χ2n) is 8.40. The summed E-state index contributed by atoms with van der Waals surface area (Å²) in [4.78, 5) is 24.7. The molecule has 0 radical (unpaired) electrons. The van der Waals surface area contributed by atoms with Crippen LogP contribution < -0.4 is 10.4 Å². The quantitative estimate of drug-likeness (QED) is 0.252. The third kappa shape index (κ3) is 4.50. The molecule has 4 aromatic rings. The van der Waals surface area contributed by atoms with Crippen molar-refractivity contribution in [2.75, 3.05) is 38.1 Å².